The number of hydrogen-bond donors (Lipinski definition) is 1. The van der Waals surface area contributed by atoms with Crippen molar-refractivity contribution in [2.45, 2.75) is 20.8 Å². The van der Waals surface area contributed by atoms with Crippen molar-refractivity contribution >= 4 is 6.29 Å². The zero-order chi connectivity index (χ0) is 13.1. The number of hydrogen-bond acceptors (Lipinski definition) is 3. The topological polar surface area (TPSA) is 55.0 Å². The van der Waals surface area contributed by atoms with Crippen molar-refractivity contribution in [3.05, 3.63) is 35.0 Å². The van der Waals surface area contributed by atoms with E-state index < -0.39 is 0 Å². The highest BCUT2D eigenvalue weighted by Gasteiger charge is 2.10. The van der Waals surface area contributed by atoms with Crippen molar-refractivity contribution in [2.75, 3.05) is 6.61 Å². The number of benzene rings is 1. The number of aromatic nitrogens is 2. The number of aromatic amines is 1. The molecule has 0 unspecified atom stereocenters. The number of carbonyl (C=O) groups is 1. The van der Waals surface area contributed by atoms with E-state index in [0.29, 0.717) is 12.3 Å². The molecule has 0 aliphatic rings. The molecule has 1 N–H and O–H groups in total. The van der Waals surface area contributed by atoms with E-state index >= 15 is 0 Å². The fraction of sp³-hybridized carbons (Fsp3) is 0.286. The molecule has 4 heteroatoms. The molecular formula is C14H16N2O2. The van der Waals surface area contributed by atoms with Gasteiger partial charge in [-0.2, -0.15) is 5.10 Å². The number of nitrogens with zero attached hydrogens (tertiary/aromatic N) is 1. The van der Waals surface area contributed by atoms with Crippen LogP contribution in [-0.2, 0) is 0 Å². The molecule has 0 aliphatic carbocycles. The van der Waals surface area contributed by atoms with Crippen LogP contribution in [0.5, 0.6) is 5.75 Å². The van der Waals surface area contributed by atoms with Crippen LogP contribution in [0, 0.1) is 13.8 Å². The van der Waals surface area contributed by atoms with Crippen LogP contribution in [0.1, 0.15) is 28.5 Å². The van der Waals surface area contributed by atoms with Gasteiger partial charge in [0, 0.05) is 5.56 Å². The normalized spacial score (nSPS) is 10.4. The van der Waals surface area contributed by atoms with Crippen LogP contribution in [0.4, 0.5) is 0 Å². The minimum atomic E-state index is 0.482. The van der Waals surface area contributed by atoms with Crippen molar-refractivity contribution in [3.63, 3.8) is 0 Å². The lowest BCUT2D eigenvalue weighted by atomic mass is 10.0. The molecular weight excluding hydrogens is 228 g/mol. The third kappa shape index (κ3) is 2.27. The summed E-state index contributed by atoms with van der Waals surface area (Å²) in [6.07, 6.45) is 0.757. The van der Waals surface area contributed by atoms with Crippen molar-refractivity contribution in [1.29, 1.82) is 0 Å². The number of carbonyl (C=O) groups excluding carboxylic acids is 1. The van der Waals surface area contributed by atoms with Gasteiger partial charge in [-0.05, 0) is 50.1 Å². The summed E-state index contributed by atoms with van der Waals surface area (Å²) in [4.78, 5) is 10.7. The van der Waals surface area contributed by atoms with Crippen molar-refractivity contribution in [3.8, 4) is 17.0 Å². The minimum Gasteiger partial charge on any atom is -0.494 e. The molecule has 0 bridgehead atoms. The third-order valence-electron chi connectivity index (χ3n) is 2.82. The van der Waals surface area contributed by atoms with E-state index in [9.17, 15) is 4.79 Å². The Kier molecular flexibility index (Phi) is 3.46. The maximum Gasteiger partial charge on any atom is 0.167 e. The summed E-state index contributed by atoms with van der Waals surface area (Å²) in [5, 5.41) is 6.83. The Labute approximate surface area is 106 Å². The van der Waals surface area contributed by atoms with Gasteiger partial charge in [0.05, 0.1) is 18.0 Å². The van der Waals surface area contributed by atoms with Gasteiger partial charge in [0.15, 0.2) is 6.29 Å². The van der Waals surface area contributed by atoms with Crippen LogP contribution >= 0.6 is 0 Å². The zero-order valence-electron chi connectivity index (χ0n) is 10.8. The summed E-state index contributed by atoms with van der Waals surface area (Å²) in [6, 6.07) is 5.78. The number of aryl methyl sites for hydroxylation is 2. The predicted molar refractivity (Wildman–Crippen MR) is 70.1 cm³/mol. The molecule has 0 amide bonds. The highest BCUT2D eigenvalue weighted by atomic mass is 16.5. The van der Waals surface area contributed by atoms with Crippen molar-refractivity contribution in [2.24, 2.45) is 0 Å². The Morgan fingerprint density at radius 2 is 2.06 bits per heavy atom. The van der Waals surface area contributed by atoms with Gasteiger partial charge in [-0.3, -0.25) is 9.89 Å². The molecule has 1 aromatic heterocycles. The van der Waals surface area contributed by atoms with Crippen LogP contribution < -0.4 is 4.74 Å². The largest absolute Gasteiger partial charge is 0.494 e. The first-order chi connectivity index (χ1) is 8.65. The lowest BCUT2D eigenvalue weighted by Gasteiger charge is -2.11. The number of H-pyrrole nitrogens is 1. The Bertz CT molecular complexity index is 573. The third-order valence-corrected chi connectivity index (χ3v) is 2.82. The number of aldehydes is 1. The first-order valence-electron chi connectivity index (χ1n) is 5.90. The van der Waals surface area contributed by atoms with Crippen LogP contribution in [0.3, 0.4) is 0 Å². The fourth-order valence-corrected chi connectivity index (χ4v) is 1.91. The molecule has 2 aromatic rings. The van der Waals surface area contributed by atoms with Gasteiger partial charge in [0.2, 0.25) is 0 Å². The van der Waals surface area contributed by atoms with Crippen LogP contribution in [0.25, 0.3) is 11.3 Å². The standard InChI is InChI=1S/C14H16N2O2/c1-4-18-14-6-9(2)12(5-10(14)3)13-7-11(8-17)15-16-13/h5-8H,4H2,1-3H3,(H,15,16). The van der Waals surface area contributed by atoms with E-state index in [2.05, 4.69) is 10.2 Å². The summed E-state index contributed by atoms with van der Waals surface area (Å²) >= 11 is 0. The Hall–Kier alpha value is -2.10. The van der Waals surface area contributed by atoms with Crippen molar-refractivity contribution < 1.29 is 9.53 Å². The maximum atomic E-state index is 10.7. The second-order valence-electron chi connectivity index (χ2n) is 4.19. The molecule has 94 valence electrons. The lowest BCUT2D eigenvalue weighted by Crippen LogP contribution is -1.96. The van der Waals surface area contributed by atoms with Crippen LogP contribution in [0.2, 0.25) is 0 Å². The fourth-order valence-electron chi connectivity index (χ4n) is 1.91. The van der Waals surface area contributed by atoms with Crippen molar-refractivity contribution in [1.82, 2.24) is 10.2 Å². The highest BCUT2D eigenvalue weighted by Crippen LogP contribution is 2.29. The summed E-state index contributed by atoms with van der Waals surface area (Å²) in [7, 11) is 0. The second-order valence-corrected chi connectivity index (χ2v) is 4.19. The SMILES string of the molecule is CCOc1cc(C)c(-c2cc(C=O)[nH]n2)cc1C. The minimum absolute atomic E-state index is 0.482. The van der Waals surface area contributed by atoms with E-state index in [1.165, 1.54) is 0 Å². The molecule has 2 rings (SSSR count). The predicted octanol–water partition coefficient (Wildman–Crippen LogP) is 2.90. The summed E-state index contributed by atoms with van der Waals surface area (Å²) in [5.41, 5.74) is 4.41. The van der Waals surface area contributed by atoms with E-state index in [1.807, 2.05) is 32.9 Å². The molecule has 0 spiro atoms. The average molecular weight is 244 g/mol. The van der Waals surface area contributed by atoms with E-state index in [4.69, 9.17) is 4.74 Å². The molecule has 1 heterocycles. The zero-order valence-corrected chi connectivity index (χ0v) is 10.8. The molecule has 0 saturated heterocycles. The Balaban J connectivity index is 2.45. The molecule has 0 radical (unpaired) electrons. The summed E-state index contributed by atoms with van der Waals surface area (Å²) < 4.78 is 5.55. The molecule has 0 saturated carbocycles. The average Bonchev–Trinajstić information content (AvgIpc) is 2.82. The quantitative estimate of drug-likeness (QED) is 0.841. The number of ether oxygens (including phenoxy) is 1. The maximum absolute atomic E-state index is 10.7. The van der Waals surface area contributed by atoms with Crippen LogP contribution in [0.15, 0.2) is 18.2 Å². The van der Waals surface area contributed by atoms with E-state index in [1.54, 1.807) is 6.07 Å². The molecule has 0 aliphatic heterocycles. The van der Waals surface area contributed by atoms with Gasteiger partial charge in [-0.1, -0.05) is 0 Å². The van der Waals surface area contributed by atoms with Gasteiger partial charge in [-0.15, -0.1) is 0 Å². The van der Waals surface area contributed by atoms with Gasteiger partial charge in [0.1, 0.15) is 5.75 Å². The summed E-state index contributed by atoms with van der Waals surface area (Å²) in [6.45, 7) is 6.62. The number of rotatable bonds is 4. The smallest absolute Gasteiger partial charge is 0.167 e. The molecule has 0 fully saturated rings. The second kappa shape index (κ2) is 5.04. The molecule has 4 nitrogen and oxygen atoms in total. The Morgan fingerprint density at radius 1 is 1.28 bits per heavy atom. The van der Waals surface area contributed by atoms with Gasteiger partial charge in [0.25, 0.3) is 0 Å². The van der Waals surface area contributed by atoms with E-state index in [0.717, 1.165) is 34.4 Å². The first kappa shape index (κ1) is 12.4. The summed E-state index contributed by atoms with van der Waals surface area (Å²) in [5.74, 6) is 0.893. The highest BCUT2D eigenvalue weighted by molar-refractivity contribution is 5.76. The monoisotopic (exact) mass is 244 g/mol. The van der Waals surface area contributed by atoms with Gasteiger partial charge in [-0.25, -0.2) is 0 Å². The number of nitrogens with one attached hydrogen (secondary N) is 1. The lowest BCUT2D eigenvalue weighted by molar-refractivity contribution is 0.111. The first-order valence-corrected chi connectivity index (χ1v) is 5.90. The molecule has 1 aromatic carbocycles. The van der Waals surface area contributed by atoms with Gasteiger partial charge >= 0.3 is 0 Å². The van der Waals surface area contributed by atoms with Gasteiger partial charge < -0.3 is 4.74 Å². The Morgan fingerprint density at radius 3 is 2.67 bits per heavy atom. The molecule has 18 heavy (non-hydrogen) atoms. The van der Waals surface area contributed by atoms with E-state index in [-0.39, 0.29) is 0 Å². The van der Waals surface area contributed by atoms with Crippen LogP contribution in [-0.4, -0.2) is 23.1 Å². The molecule has 0 atom stereocenters.